The van der Waals surface area contributed by atoms with Gasteiger partial charge < -0.3 is 19.9 Å². The van der Waals surface area contributed by atoms with E-state index < -0.39 is 5.97 Å². The minimum atomic E-state index is -0.441. The van der Waals surface area contributed by atoms with Crippen molar-refractivity contribution in [2.75, 3.05) is 17.7 Å². The molecule has 0 fully saturated rings. The highest BCUT2D eigenvalue weighted by Gasteiger charge is 2.14. The molecule has 0 radical (unpaired) electrons. The van der Waals surface area contributed by atoms with Crippen LogP contribution in [-0.2, 0) is 23.1 Å². The van der Waals surface area contributed by atoms with Crippen LogP contribution in [0.3, 0.4) is 0 Å². The summed E-state index contributed by atoms with van der Waals surface area (Å²) in [5.41, 5.74) is 2.37. The first-order valence-electron chi connectivity index (χ1n) is 10.3. The Kier molecular flexibility index (Phi) is 8.20. The van der Waals surface area contributed by atoms with Crippen LogP contribution in [-0.4, -0.2) is 44.9 Å². The molecule has 1 heterocycles. The lowest BCUT2D eigenvalue weighted by Gasteiger charge is -2.08. The number of nitrogens with zero attached hydrogens (tertiary/aromatic N) is 3. The summed E-state index contributed by atoms with van der Waals surface area (Å²) in [5, 5.41) is 14.4. The van der Waals surface area contributed by atoms with Crippen LogP contribution >= 0.6 is 11.8 Å². The van der Waals surface area contributed by atoms with Gasteiger partial charge in [-0.15, -0.1) is 10.2 Å². The van der Waals surface area contributed by atoms with Crippen molar-refractivity contribution < 1.29 is 19.1 Å². The largest absolute Gasteiger partial charge is 0.462 e. The smallest absolute Gasteiger partial charge is 0.338 e. The Morgan fingerprint density at radius 1 is 1.09 bits per heavy atom. The van der Waals surface area contributed by atoms with Gasteiger partial charge >= 0.3 is 5.97 Å². The molecule has 0 aliphatic rings. The standard InChI is InChI=1S/C23H25N5O4S/c1-4-32-22(31)16-9-7-10-17(12-16)25-20(29)14-33-23-27-26-19(28(23)3)13-24-21(30)18-11-6-5-8-15(18)2/h5-12H,4,13-14H2,1-3H3,(H,24,30)(H,25,29). The predicted molar refractivity (Wildman–Crippen MR) is 125 cm³/mol. The normalized spacial score (nSPS) is 10.5. The molecule has 0 aliphatic heterocycles. The molecule has 2 aromatic carbocycles. The molecule has 0 unspecified atom stereocenters. The number of ether oxygens (including phenoxy) is 1. The lowest BCUT2D eigenvalue weighted by atomic mass is 10.1. The van der Waals surface area contributed by atoms with Crippen LogP contribution in [0.4, 0.5) is 5.69 Å². The van der Waals surface area contributed by atoms with E-state index in [4.69, 9.17) is 4.74 Å². The lowest BCUT2D eigenvalue weighted by molar-refractivity contribution is -0.113. The van der Waals surface area contributed by atoms with Gasteiger partial charge in [0, 0.05) is 18.3 Å². The molecule has 0 bridgehead atoms. The summed E-state index contributed by atoms with van der Waals surface area (Å²) in [7, 11) is 1.78. The van der Waals surface area contributed by atoms with E-state index in [1.807, 2.05) is 25.1 Å². The molecular formula is C23H25N5O4S. The quantitative estimate of drug-likeness (QED) is 0.367. The molecule has 3 rings (SSSR count). The lowest BCUT2D eigenvalue weighted by Crippen LogP contribution is -2.25. The van der Waals surface area contributed by atoms with Gasteiger partial charge in [0.2, 0.25) is 5.91 Å². The number of aryl methyl sites for hydroxylation is 1. The van der Waals surface area contributed by atoms with E-state index >= 15 is 0 Å². The second kappa shape index (κ2) is 11.3. The summed E-state index contributed by atoms with van der Waals surface area (Å²) in [5.74, 6) is -0.204. The zero-order valence-corrected chi connectivity index (χ0v) is 19.4. The predicted octanol–water partition coefficient (Wildman–Crippen LogP) is 2.96. The zero-order chi connectivity index (χ0) is 23.8. The Morgan fingerprint density at radius 2 is 1.88 bits per heavy atom. The maximum absolute atomic E-state index is 12.4. The van der Waals surface area contributed by atoms with Gasteiger partial charge in [-0.2, -0.15) is 0 Å². The summed E-state index contributed by atoms with van der Waals surface area (Å²) < 4.78 is 6.71. The van der Waals surface area contributed by atoms with Gasteiger partial charge in [0.25, 0.3) is 5.91 Å². The SMILES string of the molecule is CCOC(=O)c1cccc(NC(=O)CSc2nnc(CNC(=O)c3ccccc3C)n2C)c1. The Morgan fingerprint density at radius 3 is 2.64 bits per heavy atom. The first kappa shape index (κ1) is 24.0. The average molecular weight is 468 g/mol. The number of thioether (sulfide) groups is 1. The van der Waals surface area contributed by atoms with Gasteiger partial charge in [-0.3, -0.25) is 9.59 Å². The van der Waals surface area contributed by atoms with Crippen LogP contribution in [0.1, 0.15) is 39.0 Å². The molecule has 3 aromatic rings. The average Bonchev–Trinajstić information content (AvgIpc) is 3.16. The number of anilines is 1. The number of nitrogens with one attached hydrogen (secondary N) is 2. The van der Waals surface area contributed by atoms with Crippen molar-refractivity contribution >= 4 is 35.2 Å². The molecule has 0 saturated heterocycles. The van der Waals surface area contributed by atoms with Crippen molar-refractivity contribution in [3.8, 4) is 0 Å². The van der Waals surface area contributed by atoms with Crippen LogP contribution in [0, 0.1) is 6.92 Å². The van der Waals surface area contributed by atoms with E-state index in [-0.39, 0.29) is 30.7 Å². The van der Waals surface area contributed by atoms with Crippen molar-refractivity contribution in [1.82, 2.24) is 20.1 Å². The van der Waals surface area contributed by atoms with Gasteiger partial charge in [-0.25, -0.2) is 4.79 Å². The number of hydrogen-bond acceptors (Lipinski definition) is 7. The monoisotopic (exact) mass is 467 g/mol. The third-order valence-corrected chi connectivity index (χ3v) is 5.73. The summed E-state index contributed by atoms with van der Waals surface area (Å²) in [6.07, 6.45) is 0. The number of hydrogen-bond donors (Lipinski definition) is 2. The van der Waals surface area contributed by atoms with Crippen molar-refractivity contribution in [2.24, 2.45) is 7.05 Å². The fraction of sp³-hybridized carbons (Fsp3) is 0.261. The highest BCUT2D eigenvalue weighted by Crippen LogP contribution is 2.17. The summed E-state index contributed by atoms with van der Waals surface area (Å²) in [6, 6.07) is 13.9. The van der Waals surface area contributed by atoms with Gasteiger partial charge in [0.05, 0.1) is 24.5 Å². The minimum Gasteiger partial charge on any atom is -0.462 e. The summed E-state index contributed by atoms with van der Waals surface area (Å²) in [4.78, 5) is 36.6. The fourth-order valence-corrected chi connectivity index (χ4v) is 3.70. The number of amides is 2. The second-order valence-electron chi connectivity index (χ2n) is 7.09. The zero-order valence-electron chi connectivity index (χ0n) is 18.6. The van der Waals surface area contributed by atoms with Crippen LogP contribution in [0.5, 0.6) is 0 Å². The maximum Gasteiger partial charge on any atom is 0.338 e. The minimum absolute atomic E-state index is 0.102. The van der Waals surface area contributed by atoms with Crippen molar-refractivity contribution in [1.29, 1.82) is 0 Å². The molecule has 2 N–H and O–H groups in total. The van der Waals surface area contributed by atoms with E-state index in [2.05, 4.69) is 20.8 Å². The molecule has 172 valence electrons. The van der Waals surface area contributed by atoms with Crippen LogP contribution in [0.2, 0.25) is 0 Å². The number of rotatable bonds is 9. The number of carbonyl (C=O) groups excluding carboxylic acids is 3. The van der Waals surface area contributed by atoms with Crippen molar-refractivity contribution in [2.45, 2.75) is 25.5 Å². The third kappa shape index (κ3) is 6.42. The van der Waals surface area contributed by atoms with E-state index in [1.54, 1.807) is 48.9 Å². The van der Waals surface area contributed by atoms with Crippen LogP contribution in [0.25, 0.3) is 0 Å². The maximum atomic E-state index is 12.4. The van der Waals surface area contributed by atoms with Crippen molar-refractivity contribution in [3.63, 3.8) is 0 Å². The number of aromatic nitrogens is 3. The Hall–Kier alpha value is -3.66. The number of benzene rings is 2. The Balaban J connectivity index is 1.53. The molecule has 2 amide bonds. The first-order chi connectivity index (χ1) is 15.9. The molecule has 0 saturated carbocycles. The molecule has 0 atom stereocenters. The Bertz CT molecular complexity index is 1160. The summed E-state index contributed by atoms with van der Waals surface area (Å²) in [6.45, 7) is 4.10. The molecule has 10 heteroatoms. The third-order valence-electron chi connectivity index (χ3n) is 4.71. The van der Waals surface area contributed by atoms with E-state index in [9.17, 15) is 14.4 Å². The molecule has 33 heavy (non-hydrogen) atoms. The van der Waals surface area contributed by atoms with Gasteiger partial charge in [-0.05, 0) is 43.7 Å². The van der Waals surface area contributed by atoms with Crippen molar-refractivity contribution in [3.05, 3.63) is 71.0 Å². The molecule has 0 spiro atoms. The van der Waals surface area contributed by atoms with Gasteiger partial charge in [0.1, 0.15) is 0 Å². The highest BCUT2D eigenvalue weighted by atomic mass is 32.2. The summed E-state index contributed by atoms with van der Waals surface area (Å²) >= 11 is 1.22. The molecule has 9 nitrogen and oxygen atoms in total. The Labute approximate surface area is 195 Å². The van der Waals surface area contributed by atoms with E-state index in [1.165, 1.54) is 11.8 Å². The molecular weight excluding hydrogens is 442 g/mol. The number of esters is 1. The first-order valence-corrected chi connectivity index (χ1v) is 11.3. The van der Waals surface area contributed by atoms with E-state index in [0.717, 1.165) is 5.56 Å². The number of carbonyl (C=O) groups is 3. The topological polar surface area (TPSA) is 115 Å². The highest BCUT2D eigenvalue weighted by molar-refractivity contribution is 7.99. The molecule has 1 aromatic heterocycles. The second-order valence-corrected chi connectivity index (χ2v) is 8.04. The van der Waals surface area contributed by atoms with E-state index in [0.29, 0.717) is 27.8 Å². The van der Waals surface area contributed by atoms with Crippen LogP contribution < -0.4 is 10.6 Å². The molecule has 0 aliphatic carbocycles. The van der Waals surface area contributed by atoms with Crippen LogP contribution in [0.15, 0.2) is 53.7 Å². The van der Waals surface area contributed by atoms with Gasteiger partial charge in [0.15, 0.2) is 11.0 Å². The fourth-order valence-electron chi connectivity index (χ4n) is 2.97. The van der Waals surface area contributed by atoms with Gasteiger partial charge in [-0.1, -0.05) is 36.0 Å².